The van der Waals surface area contributed by atoms with Crippen LogP contribution in [0.5, 0.6) is 5.75 Å². The third-order valence-corrected chi connectivity index (χ3v) is 3.78. The minimum atomic E-state index is 0.166. The number of rotatable bonds is 6. The van der Waals surface area contributed by atoms with E-state index in [9.17, 15) is 4.79 Å². The molecule has 1 aromatic rings. The second-order valence-corrected chi connectivity index (χ2v) is 5.40. The lowest BCUT2D eigenvalue weighted by Gasteiger charge is -2.30. The fourth-order valence-corrected chi connectivity index (χ4v) is 2.55. The summed E-state index contributed by atoms with van der Waals surface area (Å²) in [5.74, 6) is 1.28. The molecule has 1 aromatic carbocycles. The highest BCUT2D eigenvalue weighted by molar-refractivity contribution is 5.79. The van der Waals surface area contributed by atoms with Crippen molar-refractivity contribution in [2.75, 3.05) is 26.2 Å². The minimum Gasteiger partial charge on any atom is -0.492 e. The van der Waals surface area contributed by atoms with Crippen molar-refractivity contribution in [1.82, 2.24) is 4.90 Å². The van der Waals surface area contributed by atoms with Gasteiger partial charge < -0.3 is 15.4 Å². The lowest BCUT2D eigenvalue weighted by Crippen LogP contribution is -2.42. The Hall–Kier alpha value is -1.55. The molecule has 1 atom stereocenters. The van der Waals surface area contributed by atoms with Gasteiger partial charge in [0.05, 0.1) is 6.54 Å². The van der Waals surface area contributed by atoms with Crippen molar-refractivity contribution < 1.29 is 9.53 Å². The Bertz CT molecular complexity index is 431. The van der Waals surface area contributed by atoms with Crippen molar-refractivity contribution in [3.63, 3.8) is 0 Å². The molecule has 1 amide bonds. The van der Waals surface area contributed by atoms with E-state index in [2.05, 4.69) is 0 Å². The van der Waals surface area contributed by atoms with Crippen LogP contribution in [0.25, 0.3) is 0 Å². The van der Waals surface area contributed by atoms with Gasteiger partial charge in [0.1, 0.15) is 12.4 Å². The van der Waals surface area contributed by atoms with Crippen molar-refractivity contribution in [1.29, 1.82) is 0 Å². The van der Waals surface area contributed by atoms with Gasteiger partial charge in [-0.25, -0.2) is 0 Å². The smallest absolute Gasteiger partial charge is 0.225 e. The Morgan fingerprint density at radius 1 is 1.35 bits per heavy atom. The summed E-state index contributed by atoms with van der Waals surface area (Å²) >= 11 is 0. The Kier molecular flexibility index (Phi) is 5.41. The molecular formula is C16H24N2O2. The molecule has 1 heterocycles. The fourth-order valence-electron chi connectivity index (χ4n) is 2.55. The van der Waals surface area contributed by atoms with Gasteiger partial charge in [-0.2, -0.15) is 0 Å². The number of carbonyl (C=O) groups excluding carboxylic acids is 1. The third-order valence-electron chi connectivity index (χ3n) is 3.78. The van der Waals surface area contributed by atoms with Crippen LogP contribution in [-0.2, 0) is 11.2 Å². The number of benzene rings is 1. The zero-order valence-corrected chi connectivity index (χ0v) is 12.2. The molecule has 0 aromatic heterocycles. The van der Waals surface area contributed by atoms with Gasteiger partial charge in [-0.3, -0.25) is 4.79 Å². The summed E-state index contributed by atoms with van der Waals surface area (Å²) in [5.41, 5.74) is 6.74. The van der Waals surface area contributed by atoms with Gasteiger partial charge in [0.25, 0.3) is 0 Å². The standard InChI is InChI=1S/C16H24N2O2/c1-13-3-2-10-18(16(13)19)11-12-20-15-6-4-14(5-7-15)8-9-17/h4-7,13H,2-3,8-12,17H2,1H3. The van der Waals surface area contributed by atoms with Crippen LogP contribution in [0, 0.1) is 5.92 Å². The van der Waals surface area contributed by atoms with E-state index >= 15 is 0 Å². The lowest BCUT2D eigenvalue weighted by atomic mass is 9.99. The molecule has 0 aliphatic carbocycles. The van der Waals surface area contributed by atoms with E-state index in [4.69, 9.17) is 10.5 Å². The molecule has 1 saturated heterocycles. The van der Waals surface area contributed by atoms with Crippen LogP contribution in [0.1, 0.15) is 25.3 Å². The second-order valence-electron chi connectivity index (χ2n) is 5.40. The number of piperidine rings is 1. The number of hydrogen-bond donors (Lipinski definition) is 1. The van der Waals surface area contributed by atoms with Crippen LogP contribution >= 0.6 is 0 Å². The summed E-state index contributed by atoms with van der Waals surface area (Å²) in [5, 5.41) is 0. The minimum absolute atomic E-state index is 0.166. The maximum atomic E-state index is 11.9. The fraction of sp³-hybridized carbons (Fsp3) is 0.562. The summed E-state index contributed by atoms with van der Waals surface area (Å²) < 4.78 is 5.70. The predicted molar refractivity (Wildman–Crippen MR) is 79.7 cm³/mol. The van der Waals surface area contributed by atoms with Crippen LogP contribution in [0.3, 0.4) is 0 Å². The third kappa shape index (κ3) is 3.97. The molecule has 0 spiro atoms. The zero-order valence-electron chi connectivity index (χ0n) is 12.2. The quantitative estimate of drug-likeness (QED) is 0.862. The van der Waals surface area contributed by atoms with E-state index in [-0.39, 0.29) is 11.8 Å². The molecule has 20 heavy (non-hydrogen) atoms. The lowest BCUT2D eigenvalue weighted by molar-refractivity contribution is -0.138. The maximum absolute atomic E-state index is 11.9. The molecule has 1 aliphatic rings. The molecule has 2 N–H and O–H groups in total. The molecule has 1 fully saturated rings. The van der Waals surface area contributed by atoms with E-state index in [1.807, 2.05) is 36.1 Å². The molecule has 0 radical (unpaired) electrons. The van der Waals surface area contributed by atoms with Crippen molar-refractivity contribution in [2.45, 2.75) is 26.2 Å². The Morgan fingerprint density at radius 2 is 2.10 bits per heavy atom. The van der Waals surface area contributed by atoms with Crippen molar-refractivity contribution in [3.05, 3.63) is 29.8 Å². The largest absolute Gasteiger partial charge is 0.492 e. The van der Waals surface area contributed by atoms with Crippen LogP contribution in [0.15, 0.2) is 24.3 Å². The summed E-state index contributed by atoms with van der Waals surface area (Å²) in [6, 6.07) is 8.00. The summed E-state index contributed by atoms with van der Waals surface area (Å²) in [6.45, 7) is 4.76. The molecule has 4 nitrogen and oxygen atoms in total. The van der Waals surface area contributed by atoms with Gasteiger partial charge in [-0.1, -0.05) is 19.1 Å². The van der Waals surface area contributed by atoms with E-state index < -0.39 is 0 Å². The van der Waals surface area contributed by atoms with Crippen molar-refractivity contribution in [3.8, 4) is 5.75 Å². The van der Waals surface area contributed by atoms with Gasteiger partial charge in [0.15, 0.2) is 0 Å². The summed E-state index contributed by atoms with van der Waals surface area (Å²) in [6.07, 6.45) is 3.00. The highest BCUT2D eigenvalue weighted by Gasteiger charge is 2.24. The number of amides is 1. The summed E-state index contributed by atoms with van der Waals surface area (Å²) in [7, 11) is 0. The highest BCUT2D eigenvalue weighted by Crippen LogP contribution is 2.17. The number of carbonyl (C=O) groups is 1. The van der Waals surface area contributed by atoms with E-state index in [0.717, 1.165) is 31.6 Å². The Balaban J connectivity index is 1.76. The first-order valence-electron chi connectivity index (χ1n) is 7.41. The molecule has 2 rings (SSSR count). The van der Waals surface area contributed by atoms with Crippen LogP contribution in [0.4, 0.5) is 0 Å². The number of hydrogen-bond acceptors (Lipinski definition) is 3. The molecule has 110 valence electrons. The second kappa shape index (κ2) is 7.29. The highest BCUT2D eigenvalue weighted by atomic mass is 16.5. The normalized spacial score (nSPS) is 19.2. The first kappa shape index (κ1) is 14.9. The monoisotopic (exact) mass is 276 g/mol. The number of ether oxygens (including phenoxy) is 1. The Labute approximate surface area is 120 Å². The average Bonchev–Trinajstić information content (AvgIpc) is 2.46. The molecule has 1 unspecified atom stereocenters. The van der Waals surface area contributed by atoms with Crippen LogP contribution in [0.2, 0.25) is 0 Å². The average molecular weight is 276 g/mol. The van der Waals surface area contributed by atoms with Gasteiger partial charge in [-0.05, 0) is 43.5 Å². The first-order chi connectivity index (χ1) is 9.70. The molecule has 0 bridgehead atoms. The number of nitrogens with zero attached hydrogens (tertiary/aromatic N) is 1. The van der Waals surface area contributed by atoms with Gasteiger partial charge in [0.2, 0.25) is 5.91 Å². The maximum Gasteiger partial charge on any atom is 0.225 e. The first-order valence-corrected chi connectivity index (χ1v) is 7.41. The van der Waals surface area contributed by atoms with E-state index in [1.165, 1.54) is 5.56 Å². The van der Waals surface area contributed by atoms with Crippen molar-refractivity contribution >= 4 is 5.91 Å². The number of nitrogens with two attached hydrogens (primary N) is 1. The topological polar surface area (TPSA) is 55.6 Å². The van der Waals surface area contributed by atoms with Crippen LogP contribution < -0.4 is 10.5 Å². The summed E-state index contributed by atoms with van der Waals surface area (Å²) in [4.78, 5) is 13.9. The number of likely N-dealkylation sites (tertiary alicyclic amines) is 1. The van der Waals surface area contributed by atoms with Gasteiger partial charge >= 0.3 is 0 Å². The van der Waals surface area contributed by atoms with Gasteiger partial charge in [-0.15, -0.1) is 0 Å². The zero-order chi connectivity index (χ0) is 14.4. The predicted octanol–water partition coefficient (Wildman–Crippen LogP) is 1.83. The van der Waals surface area contributed by atoms with Crippen molar-refractivity contribution in [2.24, 2.45) is 11.7 Å². The Morgan fingerprint density at radius 3 is 2.80 bits per heavy atom. The van der Waals surface area contributed by atoms with Gasteiger partial charge in [0, 0.05) is 12.5 Å². The van der Waals surface area contributed by atoms with E-state index in [0.29, 0.717) is 19.7 Å². The van der Waals surface area contributed by atoms with Crippen LogP contribution in [-0.4, -0.2) is 37.0 Å². The molecule has 4 heteroatoms. The molecular weight excluding hydrogens is 252 g/mol. The molecule has 0 saturated carbocycles. The van der Waals surface area contributed by atoms with E-state index in [1.54, 1.807) is 0 Å². The SMILES string of the molecule is CC1CCCN(CCOc2ccc(CCN)cc2)C1=O. The molecule has 1 aliphatic heterocycles.